The van der Waals surface area contributed by atoms with E-state index in [1.807, 2.05) is 0 Å². The van der Waals surface area contributed by atoms with Crippen LogP contribution in [0.3, 0.4) is 0 Å². The molecule has 0 aliphatic carbocycles. The Bertz CT molecular complexity index is 741. The number of carboxylic acids is 3. The number of nitrogens with two attached hydrogens (primary N) is 3. The Hall–Kier alpha value is -2.73. The number of nitrogens with one attached hydrogen (secondary N) is 3. The van der Waals surface area contributed by atoms with E-state index in [1.165, 1.54) is 6.07 Å². The standard InChI is InChI=1S/C9H6O6.3C7H18N2O/c10-7(11)4-2-1-3-5(8(12)13)6(4)9(14)15;3*8-4-1-2-5-9-6-3-7-10/h1-3H,(H,10,11)(H,12,13)(H,14,15);3*9-10H,1-8H2. The molecule has 0 radical (unpaired) electrons. The van der Waals surface area contributed by atoms with E-state index in [9.17, 15) is 14.4 Å². The van der Waals surface area contributed by atoms with Gasteiger partial charge < -0.3 is 63.8 Å². The maximum absolute atomic E-state index is 10.7. The third-order valence-corrected chi connectivity index (χ3v) is 5.70. The fourth-order valence-electron chi connectivity index (χ4n) is 3.31. The highest BCUT2D eigenvalue weighted by molar-refractivity contribution is 6.09. The molecule has 0 fully saturated rings. The molecule has 0 heterocycles. The molecule has 15 nitrogen and oxygen atoms in total. The summed E-state index contributed by atoms with van der Waals surface area (Å²) in [7, 11) is 0. The van der Waals surface area contributed by atoms with Gasteiger partial charge in [0.25, 0.3) is 0 Å². The van der Waals surface area contributed by atoms with Crippen molar-refractivity contribution >= 4 is 17.9 Å². The Labute approximate surface area is 267 Å². The van der Waals surface area contributed by atoms with Gasteiger partial charge in [-0.3, -0.25) is 0 Å². The van der Waals surface area contributed by atoms with Crippen molar-refractivity contribution in [3.8, 4) is 0 Å². The number of aliphatic hydroxyl groups is 3. The van der Waals surface area contributed by atoms with Gasteiger partial charge in [-0.25, -0.2) is 14.4 Å². The molecule has 15 heteroatoms. The first-order valence-corrected chi connectivity index (χ1v) is 15.6. The molecule has 1 rings (SSSR count). The lowest BCUT2D eigenvalue weighted by atomic mass is 10.0. The molecular weight excluding hydrogens is 588 g/mol. The molecular formula is C30H60N6O9. The number of hydrogen-bond acceptors (Lipinski definition) is 12. The van der Waals surface area contributed by atoms with E-state index in [4.69, 9.17) is 47.8 Å². The van der Waals surface area contributed by atoms with Crippen molar-refractivity contribution in [2.75, 3.05) is 78.7 Å². The lowest BCUT2D eigenvalue weighted by Gasteiger charge is -2.04. The Morgan fingerprint density at radius 1 is 0.489 bits per heavy atom. The van der Waals surface area contributed by atoms with Crippen molar-refractivity contribution in [2.24, 2.45) is 17.2 Å². The van der Waals surface area contributed by atoms with Gasteiger partial charge in [-0.1, -0.05) is 6.07 Å². The van der Waals surface area contributed by atoms with Crippen LogP contribution >= 0.6 is 0 Å². The summed E-state index contributed by atoms with van der Waals surface area (Å²) >= 11 is 0. The van der Waals surface area contributed by atoms with Gasteiger partial charge in [-0.15, -0.1) is 0 Å². The Morgan fingerprint density at radius 2 is 0.778 bits per heavy atom. The van der Waals surface area contributed by atoms with E-state index in [2.05, 4.69) is 16.0 Å². The number of carbonyl (C=O) groups is 3. The van der Waals surface area contributed by atoms with Gasteiger partial charge in [0, 0.05) is 19.8 Å². The summed E-state index contributed by atoms with van der Waals surface area (Å²) in [6, 6.07) is 3.26. The van der Waals surface area contributed by atoms with Crippen LogP contribution < -0.4 is 33.2 Å². The molecule has 0 unspecified atom stereocenters. The molecule has 0 aromatic heterocycles. The molecule has 0 atom stereocenters. The summed E-state index contributed by atoms with van der Waals surface area (Å²) in [6.45, 7) is 9.01. The average molecular weight is 649 g/mol. The number of aromatic carboxylic acids is 3. The normalized spacial score (nSPS) is 10.0. The SMILES string of the molecule is NCCCCNCCCO.NCCCCNCCCO.NCCCCNCCCO.O=C(O)c1cccc(C(=O)O)c1C(=O)O. The number of hydrogen-bond donors (Lipinski definition) is 12. The first kappa shape index (κ1) is 46.7. The van der Waals surface area contributed by atoms with E-state index in [0.29, 0.717) is 0 Å². The molecule has 1 aromatic rings. The average Bonchev–Trinajstić information content (AvgIpc) is 3.03. The summed E-state index contributed by atoms with van der Waals surface area (Å²) in [5.74, 6) is -4.53. The number of aliphatic hydroxyl groups excluding tert-OH is 3. The van der Waals surface area contributed by atoms with E-state index in [1.54, 1.807) is 0 Å². The molecule has 0 spiro atoms. The third kappa shape index (κ3) is 32.5. The zero-order chi connectivity index (χ0) is 34.6. The van der Waals surface area contributed by atoms with Crippen molar-refractivity contribution in [3.63, 3.8) is 0 Å². The number of carboxylic acid groups (broad SMARTS) is 3. The lowest BCUT2D eigenvalue weighted by Crippen LogP contribution is -2.18. The van der Waals surface area contributed by atoms with Crippen LogP contribution in [-0.2, 0) is 0 Å². The highest BCUT2D eigenvalue weighted by Gasteiger charge is 2.23. The van der Waals surface area contributed by atoms with Crippen LogP contribution in [0.5, 0.6) is 0 Å². The van der Waals surface area contributed by atoms with Crippen molar-refractivity contribution < 1.29 is 45.0 Å². The summed E-state index contributed by atoms with van der Waals surface area (Å²) in [5, 5.41) is 60.9. The zero-order valence-corrected chi connectivity index (χ0v) is 26.7. The maximum atomic E-state index is 10.7. The molecule has 0 amide bonds. The van der Waals surface area contributed by atoms with Crippen LogP contribution in [-0.4, -0.2) is 127 Å². The minimum Gasteiger partial charge on any atom is -0.478 e. The number of rotatable bonds is 24. The summed E-state index contributed by atoms with van der Waals surface area (Å²) in [4.78, 5) is 32.0. The minimum atomic E-state index is -1.58. The van der Waals surface area contributed by atoms with Crippen LogP contribution in [0, 0.1) is 0 Å². The van der Waals surface area contributed by atoms with Crippen LogP contribution in [0.4, 0.5) is 0 Å². The topological polar surface area (TPSA) is 287 Å². The Kier molecular flexibility index (Phi) is 38.9. The zero-order valence-electron chi connectivity index (χ0n) is 26.7. The van der Waals surface area contributed by atoms with E-state index in [0.717, 1.165) is 129 Å². The molecule has 0 aliphatic heterocycles. The van der Waals surface area contributed by atoms with E-state index in [-0.39, 0.29) is 19.8 Å². The van der Waals surface area contributed by atoms with E-state index < -0.39 is 34.6 Å². The highest BCUT2D eigenvalue weighted by Crippen LogP contribution is 2.15. The highest BCUT2D eigenvalue weighted by atomic mass is 16.4. The predicted molar refractivity (Wildman–Crippen MR) is 176 cm³/mol. The molecule has 0 aliphatic rings. The van der Waals surface area contributed by atoms with Gasteiger partial charge in [0.05, 0.1) is 16.7 Å². The second kappa shape index (κ2) is 37.5. The molecule has 0 saturated heterocycles. The van der Waals surface area contributed by atoms with Crippen LogP contribution in [0.1, 0.15) is 88.9 Å². The number of benzene rings is 1. The molecule has 15 N–H and O–H groups in total. The summed E-state index contributed by atoms with van der Waals surface area (Å²) in [6.07, 6.45) is 9.24. The van der Waals surface area contributed by atoms with Crippen LogP contribution in [0.25, 0.3) is 0 Å². The van der Waals surface area contributed by atoms with Gasteiger partial charge >= 0.3 is 17.9 Å². The fourth-order valence-corrected chi connectivity index (χ4v) is 3.31. The van der Waals surface area contributed by atoms with Crippen molar-refractivity contribution in [1.82, 2.24) is 16.0 Å². The smallest absolute Gasteiger partial charge is 0.337 e. The number of unbranched alkanes of at least 4 members (excludes halogenated alkanes) is 3. The molecule has 1 aromatic carbocycles. The Morgan fingerprint density at radius 3 is 1.00 bits per heavy atom. The second-order valence-electron chi connectivity index (χ2n) is 9.61. The fraction of sp³-hybridized carbons (Fsp3) is 0.700. The molecule has 0 bridgehead atoms. The van der Waals surface area contributed by atoms with Gasteiger partial charge in [-0.05, 0) is 129 Å². The van der Waals surface area contributed by atoms with Gasteiger partial charge in [0.1, 0.15) is 0 Å². The summed E-state index contributed by atoms with van der Waals surface area (Å²) < 4.78 is 0. The third-order valence-electron chi connectivity index (χ3n) is 5.70. The van der Waals surface area contributed by atoms with Gasteiger partial charge in [-0.2, -0.15) is 0 Å². The molecule has 45 heavy (non-hydrogen) atoms. The minimum absolute atomic E-state index is 0.282. The second-order valence-corrected chi connectivity index (χ2v) is 9.61. The van der Waals surface area contributed by atoms with E-state index >= 15 is 0 Å². The molecule has 264 valence electrons. The quantitative estimate of drug-likeness (QED) is 0.0650. The Balaban J connectivity index is -0.000000534. The maximum Gasteiger partial charge on any atom is 0.337 e. The van der Waals surface area contributed by atoms with Crippen LogP contribution in [0.2, 0.25) is 0 Å². The largest absolute Gasteiger partial charge is 0.478 e. The predicted octanol–water partition coefficient (Wildman–Crippen LogP) is -0.127. The summed E-state index contributed by atoms with van der Waals surface area (Å²) in [5.41, 5.74) is 14.1. The first-order chi connectivity index (χ1) is 21.7. The van der Waals surface area contributed by atoms with Crippen LogP contribution in [0.15, 0.2) is 18.2 Å². The van der Waals surface area contributed by atoms with Gasteiger partial charge in [0.15, 0.2) is 0 Å². The van der Waals surface area contributed by atoms with Gasteiger partial charge in [0.2, 0.25) is 0 Å². The van der Waals surface area contributed by atoms with Crippen molar-refractivity contribution in [1.29, 1.82) is 0 Å². The van der Waals surface area contributed by atoms with Crippen molar-refractivity contribution in [3.05, 3.63) is 34.9 Å². The lowest BCUT2D eigenvalue weighted by molar-refractivity contribution is 0.0633. The monoisotopic (exact) mass is 648 g/mol. The van der Waals surface area contributed by atoms with Crippen molar-refractivity contribution in [2.45, 2.75) is 57.8 Å². The molecule has 0 saturated carbocycles. The first-order valence-electron chi connectivity index (χ1n) is 15.6.